The first-order valence-corrected chi connectivity index (χ1v) is 10.5. The molecule has 0 aliphatic carbocycles. The van der Waals surface area contributed by atoms with Gasteiger partial charge in [-0.15, -0.1) is 11.8 Å². The Morgan fingerprint density at radius 3 is 2.54 bits per heavy atom. The molecule has 3 rings (SSSR count). The summed E-state index contributed by atoms with van der Waals surface area (Å²) in [5.41, 5.74) is 2.17. The van der Waals surface area contributed by atoms with Gasteiger partial charge in [-0.05, 0) is 36.8 Å². The van der Waals surface area contributed by atoms with Gasteiger partial charge in [-0.25, -0.2) is 0 Å². The van der Waals surface area contributed by atoms with E-state index in [-0.39, 0.29) is 24.2 Å². The number of piperazine rings is 1. The fourth-order valence-electron chi connectivity index (χ4n) is 3.02. The molecule has 5 nitrogen and oxygen atoms in total. The van der Waals surface area contributed by atoms with Crippen molar-refractivity contribution in [2.75, 3.05) is 43.4 Å². The number of esters is 1. The molecule has 1 heterocycles. The van der Waals surface area contributed by atoms with Crippen LogP contribution in [0.25, 0.3) is 0 Å². The summed E-state index contributed by atoms with van der Waals surface area (Å²) in [6, 6.07) is 15.6. The summed E-state index contributed by atoms with van der Waals surface area (Å²) in [6.45, 7) is 4.44. The van der Waals surface area contributed by atoms with Gasteiger partial charge in [0, 0.05) is 41.8 Å². The van der Waals surface area contributed by atoms with Crippen molar-refractivity contribution in [3.63, 3.8) is 0 Å². The topological polar surface area (TPSA) is 49.9 Å². The molecule has 0 spiro atoms. The molecular weight excluding hydrogens is 396 g/mol. The summed E-state index contributed by atoms with van der Waals surface area (Å²) in [5, 5.41) is 0.700. The Morgan fingerprint density at radius 2 is 1.82 bits per heavy atom. The number of halogens is 1. The number of hydrogen-bond acceptors (Lipinski definition) is 5. The lowest BCUT2D eigenvalue weighted by molar-refractivity contribution is -0.150. The Morgan fingerprint density at radius 1 is 1.07 bits per heavy atom. The van der Waals surface area contributed by atoms with E-state index in [2.05, 4.69) is 4.90 Å². The average molecular weight is 419 g/mol. The van der Waals surface area contributed by atoms with Crippen molar-refractivity contribution in [1.29, 1.82) is 0 Å². The lowest BCUT2D eigenvalue weighted by atomic mass is 10.2. The Hall–Kier alpha value is -2.18. The van der Waals surface area contributed by atoms with Crippen molar-refractivity contribution < 1.29 is 14.3 Å². The number of aryl methyl sites for hydroxylation is 1. The average Bonchev–Trinajstić information content (AvgIpc) is 2.71. The minimum atomic E-state index is -0.376. The van der Waals surface area contributed by atoms with Crippen molar-refractivity contribution in [3.05, 3.63) is 59.1 Å². The van der Waals surface area contributed by atoms with Crippen molar-refractivity contribution in [3.8, 4) is 0 Å². The maximum absolute atomic E-state index is 12.3. The van der Waals surface area contributed by atoms with Crippen molar-refractivity contribution >= 4 is 40.9 Å². The van der Waals surface area contributed by atoms with Crippen molar-refractivity contribution in [2.24, 2.45) is 0 Å². The fraction of sp³-hybridized carbons (Fsp3) is 0.333. The summed E-state index contributed by atoms with van der Waals surface area (Å²) in [4.78, 5) is 29.3. The highest BCUT2D eigenvalue weighted by atomic mass is 35.5. The maximum atomic E-state index is 12.3. The first kappa shape index (κ1) is 20.6. The monoisotopic (exact) mass is 418 g/mol. The van der Waals surface area contributed by atoms with Crippen LogP contribution in [0.4, 0.5) is 5.69 Å². The standard InChI is InChI=1S/C21H23ClN2O3S/c1-16-5-2-3-8-19(16)28-15-21(26)27-14-20(25)24-11-9-23(10-12-24)18-7-4-6-17(22)13-18/h2-8,13H,9-12,14-15H2,1H3. The second-order valence-electron chi connectivity index (χ2n) is 6.56. The third kappa shape index (κ3) is 5.66. The maximum Gasteiger partial charge on any atom is 0.316 e. The predicted molar refractivity (Wildman–Crippen MR) is 113 cm³/mol. The highest BCUT2D eigenvalue weighted by Gasteiger charge is 2.22. The van der Waals surface area contributed by atoms with Crippen LogP contribution in [0.2, 0.25) is 5.02 Å². The number of thioether (sulfide) groups is 1. The van der Waals surface area contributed by atoms with Crippen molar-refractivity contribution in [2.45, 2.75) is 11.8 Å². The molecule has 0 atom stereocenters. The summed E-state index contributed by atoms with van der Waals surface area (Å²) < 4.78 is 5.16. The fourth-order valence-corrected chi connectivity index (χ4v) is 4.03. The summed E-state index contributed by atoms with van der Waals surface area (Å²) in [6.07, 6.45) is 0. The van der Waals surface area contributed by atoms with Crippen LogP contribution in [-0.2, 0) is 14.3 Å². The predicted octanol–water partition coefficient (Wildman–Crippen LogP) is 3.63. The third-order valence-electron chi connectivity index (χ3n) is 4.60. The summed E-state index contributed by atoms with van der Waals surface area (Å²) in [7, 11) is 0. The van der Waals surface area contributed by atoms with Gasteiger partial charge in [-0.1, -0.05) is 35.9 Å². The molecule has 1 aliphatic heterocycles. The van der Waals surface area contributed by atoms with Crippen LogP contribution in [0.5, 0.6) is 0 Å². The van der Waals surface area contributed by atoms with Crippen LogP contribution in [0.3, 0.4) is 0 Å². The molecule has 148 valence electrons. The highest BCUT2D eigenvalue weighted by Crippen LogP contribution is 2.22. The second kappa shape index (κ2) is 9.85. The molecule has 0 radical (unpaired) electrons. The molecule has 0 saturated carbocycles. The minimum absolute atomic E-state index is 0.153. The van der Waals surface area contributed by atoms with Crippen LogP contribution < -0.4 is 4.90 Å². The smallest absolute Gasteiger partial charge is 0.316 e. The van der Waals surface area contributed by atoms with E-state index in [0.29, 0.717) is 18.1 Å². The largest absolute Gasteiger partial charge is 0.455 e. The van der Waals surface area contributed by atoms with Crippen molar-refractivity contribution in [1.82, 2.24) is 4.90 Å². The molecule has 2 aromatic carbocycles. The number of hydrogen-bond donors (Lipinski definition) is 0. The number of nitrogens with zero attached hydrogens (tertiary/aromatic N) is 2. The van der Waals surface area contributed by atoms with Gasteiger partial charge >= 0.3 is 5.97 Å². The molecule has 0 N–H and O–H groups in total. The molecule has 1 aliphatic rings. The number of amides is 1. The Labute approximate surface area is 174 Å². The molecular formula is C21H23ClN2O3S. The number of rotatable bonds is 6. The van der Waals surface area contributed by atoms with Crippen LogP contribution in [-0.4, -0.2) is 55.3 Å². The first-order valence-electron chi connectivity index (χ1n) is 9.15. The third-order valence-corrected chi connectivity index (χ3v) is 5.99. The molecule has 1 saturated heterocycles. The Bertz CT molecular complexity index is 838. The zero-order valence-corrected chi connectivity index (χ0v) is 17.3. The van der Waals surface area contributed by atoms with E-state index >= 15 is 0 Å². The molecule has 7 heteroatoms. The van der Waals surface area contributed by atoms with E-state index in [9.17, 15) is 9.59 Å². The van der Waals surface area contributed by atoms with Crippen LogP contribution >= 0.6 is 23.4 Å². The van der Waals surface area contributed by atoms with Gasteiger partial charge in [-0.3, -0.25) is 9.59 Å². The minimum Gasteiger partial charge on any atom is -0.455 e. The SMILES string of the molecule is Cc1ccccc1SCC(=O)OCC(=O)N1CCN(c2cccc(Cl)c2)CC1. The van der Waals surface area contributed by atoms with E-state index in [4.69, 9.17) is 16.3 Å². The summed E-state index contributed by atoms with van der Waals surface area (Å²) in [5.74, 6) is -0.333. The molecule has 0 aromatic heterocycles. The number of benzene rings is 2. The van der Waals surface area contributed by atoms with Gasteiger partial charge < -0.3 is 14.5 Å². The molecule has 2 aromatic rings. The van der Waals surface area contributed by atoms with Gasteiger partial charge in [0.2, 0.25) is 0 Å². The van der Waals surface area contributed by atoms with Crippen LogP contribution in [0.1, 0.15) is 5.56 Å². The van der Waals surface area contributed by atoms with Gasteiger partial charge in [0.25, 0.3) is 5.91 Å². The lowest BCUT2D eigenvalue weighted by Crippen LogP contribution is -2.50. The van der Waals surface area contributed by atoms with E-state index in [0.717, 1.165) is 29.2 Å². The molecule has 1 amide bonds. The van der Waals surface area contributed by atoms with E-state index in [1.165, 1.54) is 11.8 Å². The molecule has 28 heavy (non-hydrogen) atoms. The normalized spacial score (nSPS) is 14.1. The van der Waals surface area contributed by atoms with Crippen LogP contribution in [0.15, 0.2) is 53.4 Å². The van der Waals surface area contributed by atoms with Gasteiger partial charge in [-0.2, -0.15) is 0 Å². The number of carbonyl (C=O) groups is 2. The molecule has 1 fully saturated rings. The quantitative estimate of drug-likeness (QED) is 0.529. The molecule has 0 unspecified atom stereocenters. The molecule has 0 bridgehead atoms. The number of anilines is 1. The lowest BCUT2D eigenvalue weighted by Gasteiger charge is -2.36. The zero-order valence-electron chi connectivity index (χ0n) is 15.8. The summed E-state index contributed by atoms with van der Waals surface area (Å²) >= 11 is 7.47. The van der Waals surface area contributed by atoms with Gasteiger partial charge in [0.15, 0.2) is 6.61 Å². The first-order chi connectivity index (χ1) is 13.5. The van der Waals surface area contributed by atoms with E-state index in [1.54, 1.807) is 4.90 Å². The second-order valence-corrected chi connectivity index (χ2v) is 8.02. The van der Waals surface area contributed by atoms with Crippen LogP contribution in [0, 0.1) is 6.92 Å². The van der Waals surface area contributed by atoms with Gasteiger partial charge in [0.05, 0.1) is 5.75 Å². The van der Waals surface area contributed by atoms with E-state index < -0.39 is 0 Å². The van der Waals surface area contributed by atoms with E-state index in [1.807, 2.05) is 55.5 Å². The zero-order chi connectivity index (χ0) is 19.9. The number of carbonyl (C=O) groups excluding carboxylic acids is 2. The Kier molecular flexibility index (Phi) is 7.23. The Balaban J connectivity index is 1.39. The van der Waals surface area contributed by atoms with Gasteiger partial charge in [0.1, 0.15) is 0 Å². The highest BCUT2D eigenvalue weighted by molar-refractivity contribution is 8.00. The number of ether oxygens (including phenoxy) is 1.